The Labute approximate surface area is 279 Å². The molecule has 1 fully saturated rings. The van der Waals surface area contributed by atoms with Crippen LogP contribution in [0, 0.1) is 12.8 Å². The van der Waals surface area contributed by atoms with E-state index in [0.717, 1.165) is 39.8 Å². The molecule has 0 radical (unpaired) electrons. The maximum Gasteiger partial charge on any atom is 0.241 e. The molecule has 0 aliphatic carbocycles. The number of carbonyl (C=O) groups excluding carboxylic acids is 1. The second-order valence-electron chi connectivity index (χ2n) is 13.5. The number of nitrogens with zero attached hydrogens (tertiary/aromatic N) is 4. The Balaban J connectivity index is 1.45. The highest BCUT2D eigenvalue weighted by Crippen LogP contribution is 2.37. The smallest absolute Gasteiger partial charge is 0.241 e. The summed E-state index contributed by atoms with van der Waals surface area (Å²) in [7, 11) is 3.63. The molecule has 1 unspecified atom stereocenters. The number of pyridine rings is 1. The van der Waals surface area contributed by atoms with Gasteiger partial charge in [0, 0.05) is 39.1 Å². The number of amides is 1. The van der Waals surface area contributed by atoms with Gasteiger partial charge in [0.15, 0.2) is 11.5 Å². The lowest BCUT2D eigenvalue weighted by Gasteiger charge is -2.27. The summed E-state index contributed by atoms with van der Waals surface area (Å²) in [5.74, 6) is 3.40. The number of fused-ring (bicyclic) bond motifs is 1. The van der Waals surface area contributed by atoms with Crippen LogP contribution < -0.4 is 18.9 Å². The van der Waals surface area contributed by atoms with Crippen molar-refractivity contribution >= 4 is 25.0 Å². The van der Waals surface area contributed by atoms with Crippen molar-refractivity contribution in [1.29, 1.82) is 0 Å². The van der Waals surface area contributed by atoms with Gasteiger partial charge >= 0.3 is 0 Å². The van der Waals surface area contributed by atoms with Crippen LogP contribution in [0.4, 0.5) is 0 Å². The van der Waals surface area contributed by atoms with Crippen molar-refractivity contribution in [3.05, 3.63) is 59.9 Å². The van der Waals surface area contributed by atoms with Crippen molar-refractivity contribution in [1.82, 2.24) is 19.4 Å². The van der Waals surface area contributed by atoms with Crippen LogP contribution in [-0.2, 0) is 16.3 Å². The number of aromatic nitrogens is 3. The van der Waals surface area contributed by atoms with E-state index in [1.807, 2.05) is 71.8 Å². The monoisotopic (exact) mass is 660 g/mol. The van der Waals surface area contributed by atoms with E-state index >= 15 is 0 Å². The van der Waals surface area contributed by atoms with Gasteiger partial charge < -0.3 is 28.6 Å². The van der Waals surface area contributed by atoms with Crippen LogP contribution >= 0.6 is 0 Å². The van der Waals surface area contributed by atoms with Crippen LogP contribution in [-0.4, -0.2) is 74.0 Å². The molecule has 1 aliphatic rings. The first kappa shape index (κ1) is 34.2. The van der Waals surface area contributed by atoms with Gasteiger partial charge in [-0.05, 0) is 68.8 Å². The predicted octanol–water partition coefficient (Wildman–Crippen LogP) is 7.12. The number of rotatable bonds is 14. The fraction of sp³-hybridized carbons (Fsp3) is 0.472. The molecule has 252 valence electrons. The molecular weight excluding hydrogens is 613 g/mol. The lowest BCUT2D eigenvalue weighted by molar-refractivity contribution is -0.129. The zero-order valence-electron chi connectivity index (χ0n) is 29.1. The first-order valence-corrected chi connectivity index (χ1v) is 19.9. The summed E-state index contributed by atoms with van der Waals surface area (Å²) < 4.78 is 31.3. The van der Waals surface area contributed by atoms with Crippen molar-refractivity contribution < 1.29 is 28.5 Å². The van der Waals surface area contributed by atoms with Gasteiger partial charge in [0.25, 0.3) is 0 Å². The molecule has 0 saturated carbocycles. The summed E-state index contributed by atoms with van der Waals surface area (Å²) in [5.41, 5.74) is 4.14. The van der Waals surface area contributed by atoms with Gasteiger partial charge in [-0.25, -0.2) is 9.97 Å². The lowest BCUT2D eigenvalue weighted by Crippen LogP contribution is -2.31. The maximum atomic E-state index is 13.3. The SMILES string of the molecule is COc1ccc([C@@H](C)N2CC([C@@H](C)Oc3nc(-c4ccc(OC)c(OC)c4)cc4nc(C)n(COCC[Si](C)(C)C)c34)CC2=O)cc1. The summed E-state index contributed by atoms with van der Waals surface area (Å²) in [6.45, 7) is 14.7. The van der Waals surface area contributed by atoms with Crippen LogP contribution in [0.1, 0.15) is 37.7 Å². The summed E-state index contributed by atoms with van der Waals surface area (Å²) in [6.07, 6.45) is 0.109. The third-order valence-corrected chi connectivity index (χ3v) is 10.7. The maximum absolute atomic E-state index is 13.3. The summed E-state index contributed by atoms with van der Waals surface area (Å²) in [6, 6.07) is 16.6. The molecule has 10 nitrogen and oxygen atoms in total. The van der Waals surface area contributed by atoms with Gasteiger partial charge in [0.2, 0.25) is 11.8 Å². The molecule has 0 N–H and O–H groups in total. The van der Waals surface area contributed by atoms with E-state index in [0.29, 0.717) is 49.4 Å². The second-order valence-corrected chi connectivity index (χ2v) is 19.1. The van der Waals surface area contributed by atoms with E-state index in [-0.39, 0.29) is 24.0 Å². The molecule has 3 atom stereocenters. The average molecular weight is 661 g/mol. The van der Waals surface area contributed by atoms with E-state index in [1.54, 1.807) is 21.3 Å². The Hall–Kier alpha value is -4.09. The number of hydrogen-bond donors (Lipinski definition) is 0. The third-order valence-electron chi connectivity index (χ3n) is 8.99. The number of ether oxygens (including phenoxy) is 5. The van der Waals surface area contributed by atoms with Crippen molar-refractivity contribution in [2.75, 3.05) is 34.5 Å². The molecule has 4 aromatic rings. The minimum absolute atomic E-state index is 0.0183. The first-order valence-electron chi connectivity index (χ1n) is 16.2. The van der Waals surface area contributed by atoms with E-state index < -0.39 is 8.07 Å². The number of hydrogen-bond acceptors (Lipinski definition) is 8. The van der Waals surface area contributed by atoms with Gasteiger partial charge in [-0.2, -0.15) is 0 Å². The van der Waals surface area contributed by atoms with Crippen molar-refractivity contribution in [2.24, 2.45) is 5.92 Å². The number of benzene rings is 2. The molecule has 47 heavy (non-hydrogen) atoms. The molecule has 11 heteroatoms. The number of likely N-dealkylation sites (tertiary alicyclic amines) is 1. The third kappa shape index (κ3) is 7.73. The molecule has 3 heterocycles. The number of carbonyl (C=O) groups is 1. The number of aryl methyl sites for hydroxylation is 1. The number of imidazole rings is 1. The van der Waals surface area contributed by atoms with Gasteiger partial charge in [-0.3, -0.25) is 9.36 Å². The quantitative estimate of drug-likeness (QED) is 0.104. The molecule has 2 aromatic heterocycles. The van der Waals surface area contributed by atoms with Crippen LogP contribution in [0.2, 0.25) is 25.7 Å². The highest BCUT2D eigenvalue weighted by Gasteiger charge is 2.37. The molecule has 0 spiro atoms. The van der Waals surface area contributed by atoms with Crippen LogP contribution in [0.15, 0.2) is 48.5 Å². The fourth-order valence-corrected chi connectivity index (χ4v) is 6.70. The van der Waals surface area contributed by atoms with Crippen LogP contribution in [0.3, 0.4) is 0 Å². The summed E-state index contributed by atoms with van der Waals surface area (Å²) >= 11 is 0. The fourth-order valence-electron chi connectivity index (χ4n) is 5.94. The Morgan fingerprint density at radius 2 is 1.66 bits per heavy atom. The van der Waals surface area contributed by atoms with E-state index in [1.165, 1.54) is 0 Å². The van der Waals surface area contributed by atoms with E-state index in [2.05, 4.69) is 26.6 Å². The van der Waals surface area contributed by atoms with E-state index in [9.17, 15) is 4.79 Å². The van der Waals surface area contributed by atoms with Gasteiger partial charge in [-0.1, -0.05) is 31.8 Å². The minimum atomic E-state index is -1.24. The molecule has 0 bridgehead atoms. The van der Waals surface area contributed by atoms with Crippen molar-refractivity contribution in [3.63, 3.8) is 0 Å². The standard InChI is InChI=1S/C36H48N4O6Si/c1-23(26-10-13-29(42-4)14-11-26)39-21-28(19-34(39)41)24(2)46-36-35-31(37-25(3)40(35)22-45-16-17-47(7,8)9)20-30(38-36)27-12-15-32(43-5)33(18-27)44-6/h10-15,18,20,23-24,28H,16-17,19,21-22H2,1-9H3/t23-,24-,28?/m1/s1. The predicted molar refractivity (Wildman–Crippen MR) is 186 cm³/mol. The molecule has 2 aromatic carbocycles. The van der Waals surface area contributed by atoms with Gasteiger partial charge in [0.1, 0.15) is 29.9 Å². The minimum Gasteiger partial charge on any atom is -0.497 e. The number of methoxy groups -OCH3 is 3. The molecule has 1 aliphatic heterocycles. The molecule has 1 saturated heterocycles. The average Bonchev–Trinajstić information content (AvgIpc) is 3.60. The van der Waals surface area contributed by atoms with Crippen molar-refractivity contribution in [2.45, 2.75) is 71.8 Å². The van der Waals surface area contributed by atoms with Crippen molar-refractivity contribution in [3.8, 4) is 34.4 Å². The zero-order valence-corrected chi connectivity index (χ0v) is 30.1. The second kappa shape index (κ2) is 14.3. The van der Waals surface area contributed by atoms with Crippen LogP contribution in [0.5, 0.6) is 23.1 Å². The molecule has 5 rings (SSSR count). The zero-order chi connectivity index (χ0) is 33.9. The van der Waals surface area contributed by atoms with Crippen LogP contribution in [0.25, 0.3) is 22.3 Å². The highest BCUT2D eigenvalue weighted by atomic mass is 28.3. The van der Waals surface area contributed by atoms with Gasteiger partial charge in [0.05, 0.1) is 38.6 Å². The van der Waals surface area contributed by atoms with E-state index in [4.69, 9.17) is 33.7 Å². The lowest BCUT2D eigenvalue weighted by atomic mass is 10.0. The Morgan fingerprint density at radius 3 is 2.32 bits per heavy atom. The highest BCUT2D eigenvalue weighted by molar-refractivity contribution is 6.76. The Morgan fingerprint density at radius 1 is 0.936 bits per heavy atom. The molecule has 1 amide bonds. The largest absolute Gasteiger partial charge is 0.497 e. The summed E-state index contributed by atoms with van der Waals surface area (Å²) in [5, 5.41) is 0. The topological polar surface area (TPSA) is 97.2 Å². The summed E-state index contributed by atoms with van der Waals surface area (Å²) in [4.78, 5) is 25.2. The Kier molecular flexibility index (Phi) is 10.5. The first-order chi connectivity index (χ1) is 22.4. The van der Waals surface area contributed by atoms with Gasteiger partial charge in [-0.15, -0.1) is 0 Å². The Bertz CT molecular complexity index is 1700. The molecular formula is C36H48N4O6Si. The normalized spacial score (nSPS) is 16.4.